The minimum Gasteiger partial charge on any atom is -0.481 e. The average Bonchev–Trinajstić information content (AvgIpc) is 3.06. The summed E-state index contributed by atoms with van der Waals surface area (Å²) < 4.78 is 27.0. The number of sulfonamides is 1. The third kappa shape index (κ3) is 5.66. The van der Waals surface area contributed by atoms with Crippen LogP contribution in [-0.4, -0.2) is 31.4 Å². The van der Waals surface area contributed by atoms with Gasteiger partial charge in [0, 0.05) is 23.0 Å². The van der Waals surface area contributed by atoms with E-state index in [2.05, 4.69) is 10.0 Å². The summed E-state index contributed by atoms with van der Waals surface area (Å²) in [6, 6.07) is 8.61. The van der Waals surface area contributed by atoms with Gasteiger partial charge in [-0.1, -0.05) is 6.07 Å². The lowest BCUT2D eigenvalue weighted by molar-refractivity contribution is -0.137. The average molecular weight is 382 g/mol. The number of aliphatic carboxylic acids is 1. The fraction of sp³-hybridized carbons (Fsp3) is 0.250. The van der Waals surface area contributed by atoms with Gasteiger partial charge in [0.2, 0.25) is 10.0 Å². The monoisotopic (exact) mass is 382 g/mol. The zero-order valence-electron chi connectivity index (χ0n) is 13.4. The number of carboxylic acids is 1. The Morgan fingerprint density at radius 3 is 2.44 bits per heavy atom. The van der Waals surface area contributed by atoms with Gasteiger partial charge in [-0.15, -0.1) is 11.3 Å². The maximum atomic E-state index is 12.2. The van der Waals surface area contributed by atoms with Crippen molar-refractivity contribution < 1.29 is 23.1 Å². The first-order chi connectivity index (χ1) is 11.8. The Bertz CT molecular complexity index is 830. The molecule has 0 saturated carbocycles. The van der Waals surface area contributed by atoms with Gasteiger partial charge in [-0.05, 0) is 42.6 Å². The predicted octanol–water partition coefficient (Wildman–Crippen LogP) is 1.82. The van der Waals surface area contributed by atoms with Gasteiger partial charge in [0.1, 0.15) is 0 Å². The predicted molar refractivity (Wildman–Crippen MR) is 94.0 cm³/mol. The van der Waals surface area contributed by atoms with Crippen LogP contribution in [0.25, 0.3) is 0 Å². The van der Waals surface area contributed by atoms with Crippen molar-refractivity contribution in [3.63, 3.8) is 0 Å². The summed E-state index contributed by atoms with van der Waals surface area (Å²) >= 11 is 1.45. The van der Waals surface area contributed by atoms with Gasteiger partial charge in [-0.25, -0.2) is 13.1 Å². The molecule has 0 spiro atoms. The van der Waals surface area contributed by atoms with Crippen molar-refractivity contribution in [2.45, 2.75) is 30.8 Å². The number of hydrogen-bond acceptors (Lipinski definition) is 5. The van der Waals surface area contributed by atoms with E-state index in [0.29, 0.717) is 0 Å². The lowest BCUT2D eigenvalue weighted by Crippen LogP contribution is -2.34. The van der Waals surface area contributed by atoms with E-state index < -0.39 is 27.9 Å². The third-order valence-corrected chi connectivity index (χ3v) is 5.60. The Kier molecular flexibility index (Phi) is 6.29. The second-order valence-corrected chi connectivity index (χ2v) is 8.20. The highest BCUT2D eigenvalue weighted by atomic mass is 32.2. The lowest BCUT2D eigenvalue weighted by Gasteiger charge is -2.12. The molecule has 134 valence electrons. The standard InChI is InChI=1S/C16H18N2O5S2/c1-11(9-15(19)20)18-16(21)12-4-6-14(7-5-12)25(22,23)17-10-13-3-2-8-24-13/h2-8,11,17H,9-10H2,1H3,(H,18,21)(H,19,20). The van der Waals surface area contributed by atoms with Crippen molar-refractivity contribution in [2.24, 2.45) is 0 Å². The van der Waals surface area contributed by atoms with E-state index in [9.17, 15) is 18.0 Å². The zero-order chi connectivity index (χ0) is 18.4. The molecule has 0 radical (unpaired) electrons. The van der Waals surface area contributed by atoms with Crippen LogP contribution in [0.1, 0.15) is 28.6 Å². The van der Waals surface area contributed by atoms with E-state index in [1.54, 1.807) is 6.92 Å². The van der Waals surface area contributed by atoms with Gasteiger partial charge in [0.25, 0.3) is 5.91 Å². The van der Waals surface area contributed by atoms with Crippen LogP contribution in [0, 0.1) is 0 Å². The summed E-state index contributed by atoms with van der Waals surface area (Å²) in [5.41, 5.74) is 0.259. The summed E-state index contributed by atoms with van der Waals surface area (Å²) in [6.45, 7) is 1.79. The molecule has 2 rings (SSSR count). The van der Waals surface area contributed by atoms with Gasteiger partial charge in [-0.2, -0.15) is 0 Å². The van der Waals surface area contributed by atoms with Gasteiger partial charge in [0.05, 0.1) is 11.3 Å². The quantitative estimate of drug-likeness (QED) is 0.645. The third-order valence-electron chi connectivity index (χ3n) is 3.30. The summed E-state index contributed by atoms with van der Waals surface area (Å²) in [5.74, 6) is -1.46. The van der Waals surface area contributed by atoms with E-state index in [4.69, 9.17) is 5.11 Å². The molecule has 1 unspecified atom stereocenters. The Morgan fingerprint density at radius 1 is 1.20 bits per heavy atom. The molecule has 0 aliphatic rings. The molecule has 9 heteroatoms. The second-order valence-electron chi connectivity index (χ2n) is 5.40. The van der Waals surface area contributed by atoms with Crippen LogP contribution >= 0.6 is 11.3 Å². The molecule has 25 heavy (non-hydrogen) atoms. The lowest BCUT2D eigenvalue weighted by atomic mass is 10.2. The highest BCUT2D eigenvalue weighted by molar-refractivity contribution is 7.89. The van der Waals surface area contributed by atoms with E-state index in [0.717, 1.165) is 4.88 Å². The molecule has 1 heterocycles. The maximum Gasteiger partial charge on any atom is 0.305 e. The summed E-state index contributed by atoms with van der Waals surface area (Å²) in [6.07, 6.45) is -0.190. The molecule has 1 amide bonds. The molecular weight excluding hydrogens is 364 g/mol. The van der Waals surface area contributed by atoms with Crippen LogP contribution in [0.3, 0.4) is 0 Å². The van der Waals surface area contributed by atoms with Crippen LogP contribution in [0.5, 0.6) is 0 Å². The van der Waals surface area contributed by atoms with Crippen molar-refractivity contribution in [2.75, 3.05) is 0 Å². The number of thiophene rings is 1. The number of benzene rings is 1. The Labute approximate surface area is 149 Å². The topological polar surface area (TPSA) is 113 Å². The molecule has 0 aliphatic carbocycles. The first-order valence-corrected chi connectivity index (χ1v) is 9.79. The highest BCUT2D eigenvalue weighted by Crippen LogP contribution is 2.13. The first-order valence-electron chi connectivity index (χ1n) is 7.42. The molecule has 2 aromatic rings. The molecular formula is C16H18N2O5S2. The van der Waals surface area contributed by atoms with Crippen molar-refractivity contribution in [3.8, 4) is 0 Å². The molecule has 0 bridgehead atoms. The Morgan fingerprint density at radius 2 is 1.88 bits per heavy atom. The minimum absolute atomic E-state index is 0.0548. The normalized spacial score (nSPS) is 12.5. The Balaban J connectivity index is 2.00. The SMILES string of the molecule is CC(CC(=O)O)NC(=O)c1ccc(S(=O)(=O)NCc2cccs2)cc1. The van der Waals surface area contributed by atoms with Gasteiger partial charge < -0.3 is 10.4 Å². The molecule has 0 aliphatic heterocycles. The second kappa shape index (κ2) is 8.24. The number of carboxylic acid groups (broad SMARTS) is 1. The summed E-state index contributed by atoms with van der Waals surface area (Å²) in [4.78, 5) is 23.6. The van der Waals surface area contributed by atoms with E-state index in [-0.39, 0.29) is 23.4 Å². The number of rotatable bonds is 8. The van der Waals surface area contributed by atoms with Crippen LogP contribution in [-0.2, 0) is 21.4 Å². The molecule has 0 fully saturated rings. The number of nitrogens with one attached hydrogen (secondary N) is 2. The molecule has 1 aromatic heterocycles. The van der Waals surface area contributed by atoms with Crippen LogP contribution in [0.15, 0.2) is 46.7 Å². The van der Waals surface area contributed by atoms with Gasteiger partial charge in [-0.3, -0.25) is 9.59 Å². The smallest absolute Gasteiger partial charge is 0.305 e. The number of carbonyl (C=O) groups is 2. The van der Waals surface area contributed by atoms with Crippen molar-refractivity contribution >= 4 is 33.2 Å². The largest absolute Gasteiger partial charge is 0.481 e. The van der Waals surface area contributed by atoms with Gasteiger partial charge >= 0.3 is 5.97 Å². The van der Waals surface area contributed by atoms with Crippen LogP contribution in [0.2, 0.25) is 0 Å². The number of hydrogen-bond donors (Lipinski definition) is 3. The molecule has 0 saturated heterocycles. The van der Waals surface area contributed by atoms with E-state index >= 15 is 0 Å². The zero-order valence-corrected chi connectivity index (χ0v) is 15.1. The van der Waals surface area contributed by atoms with Crippen LogP contribution in [0.4, 0.5) is 0 Å². The van der Waals surface area contributed by atoms with Crippen molar-refractivity contribution in [1.82, 2.24) is 10.0 Å². The fourth-order valence-electron chi connectivity index (χ4n) is 2.07. The number of amides is 1. The minimum atomic E-state index is -3.67. The van der Waals surface area contributed by atoms with Crippen LogP contribution < -0.4 is 10.0 Å². The molecule has 7 nitrogen and oxygen atoms in total. The van der Waals surface area contributed by atoms with Gasteiger partial charge in [0.15, 0.2) is 0 Å². The molecule has 1 aromatic carbocycles. The van der Waals surface area contributed by atoms with Crippen molar-refractivity contribution in [1.29, 1.82) is 0 Å². The molecule has 3 N–H and O–H groups in total. The Hall–Kier alpha value is -2.23. The first kappa shape index (κ1) is 19.1. The molecule has 1 atom stereocenters. The van der Waals surface area contributed by atoms with E-state index in [1.165, 1.54) is 35.6 Å². The van der Waals surface area contributed by atoms with E-state index in [1.807, 2.05) is 17.5 Å². The van der Waals surface area contributed by atoms with Crippen molar-refractivity contribution in [3.05, 3.63) is 52.2 Å². The summed E-state index contributed by atoms with van der Waals surface area (Å²) in [7, 11) is -3.67. The number of carbonyl (C=O) groups excluding carboxylic acids is 1. The maximum absolute atomic E-state index is 12.2. The fourth-order valence-corrected chi connectivity index (χ4v) is 3.81. The summed E-state index contributed by atoms with van der Waals surface area (Å²) in [5, 5.41) is 13.1. The highest BCUT2D eigenvalue weighted by Gasteiger charge is 2.16.